The Balaban J connectivity index is 0.000000217. The Labute approximate surface area is 79.9 Å². The zero-order chi connectivity index (χ0) is 9.23. The third kappa shape index (κ3) is 7.21. The van der Waals surface area contributed by atoms with Gasteiger partial charge in [0.2, 0.25) is 0 Å². The van der Waals surface area contributed by atoms with Crippen LogP contribution in [-0.2, 0) is 9.53 Å². The molecule has 0 spiro atoms. The predicted octanol–water partition coefficient (Wildman–Crippen LogP) is 2.02. The Bertz CT molecular complexity index is 203. The number of nitrogens with zero attached hydrogens (tertiary/aromatic N) is 1. The van der Waals surface area contributed by atoms with E-state index in [-0.39, 0.29) is 0 Å². The number of aromatic nitrogens is 1. The molecule has 0 saturated heterocycles. The Hall–Kier alpha value is -0.900. The van der Waals surface area contributed by atoms with Gasteiger partial charge in [0, 0.05) is 6.20 Å². The number of carbonyl (C=O) groups excluding carboxylic acids is 1. The van der Waals surface area contributed by atoms with Crippen molar-refractivity contribution in [3.05, 3.63) is 29.0 Å². The van der Waals surface area contributed by atoms with Crippen LogP contribution in [0.1, 0.15) is 6.92 Å². The molecule has 0 atom stereocenters. The van der Waals surface area contributed by atoms with Gasteiger partial charge in [-0.3, -0.25) is 4.79 Å². The molecule has 1 heterocycles. The van der Waals surface area contributed by atoms with E-state index in [9.17, 15) is 4.79 Å². The lowest BCUT2D eigenvalue weighted by Crippen LogP contribution is -1.80. The summed E-state index contributed by atoms with van der Waals surface area (Å²) in [6, 6.07) is 5.70. The van der Waals surface area contributed by atoms with Gasteiger partial charge >= 0.3 is 0 Å². The molecule has 0 aliphatic heterocycles. The van der Waals surface area contributed by atoms with Crippen LogP contribution in [0, 0.1) is 0 Å². The number of pyridine rings is 1. The second-order valence-electron chi connectivity index (χ2n) is 1.70. The number of hydrogen-bond acceptors (Lipinski definition) is 3. The summed E-state index contributed by atoms with van der Waals surface area (Å²) >= 11 is 3.20. The lowest BCUT2D eigenvalue weighted by molar-refractivity contribution is -0.128. The van der Waals surface area contributed by atoms with E-state index in [0.717, 1.165) is 4.60 Å². The summed E-state index contributed by atoms with van der Waals surface area (Å²) < 4.78 is 5.04. The predicted molar refractivity (Wildman–Crippen MR) is 49.6 cm³/mol. The standard InChI is InChI=1S/C5H4BrN.C3H6O2/c6-5-3-1-2-4-7-5;1-2-5-3-4/h1-4H;3H,2H2,1H3. The third-order valence-corrected chi connectivity index (χ3v) is 1.33. The molecule has 0 fully saturated rings. The molecule has 1 aromatic rings. The van der Waals surface area contributed by atoms with Gasteiger partial charge in [0.15, 0.2) is 0 Å². The van der Waals surface area contributed by atoms with Crippen molar-refractivity contribution in [3.63, 3.8) is 0 Å². The largest absolute Gasteiger partial charge is 0.468 e. The van der Waals surface area contributed by atoms with E-state index < -0.39 is 0 Å². The van der Waals surface area contributed by atoms with Crippen LogP contribution in [0.2, 0.25) is 0 Å². The Morgan fingerprint density at radius 2 is 2.42 bits per heavy atom. The number of carbonyl (C=O) groups is 1. The highest BCUT2D eigenvalue weighted by atomic mass is 79.9. The van der Waals surface area contributed by atoms with Crippen LogP contribution in [0.15, 0.2) is 29.0 Å². The van der Waals surface area contributed by atoms with Crippen molar-refractivity contribution in [1.82, 2.24) is 4.98 Å². The minimum Gasteiger partial charge on any atom is -0.468 e. The summed E-state index contributed by atoms with van der Waals surface area (Å²) in [6.07, 6.45) is 1.74. The molecule has 0 saturated carbocycles. The number of rotatable bonds is 2. The van der Waals surface area contributed by atoms with Gasteiger partial charge in [-0.25, -0.2) is 4.98 Å². The zero-order valence-corrected chi connectivity index (χ0v) is 8.32. The van der Waals surface area contributed by atoms with Crippen molar-refractivity contribution in [2.24, 2.45) is 0 Å². The first-order valence-corrected chi connectivity index (χ1v) is 4.22. The van der Waals surface area contributed by atoms with Crippen molar-refractivity contribution in [3.8, 4) is 0 Å². The second-order valence-corrected chi connectivity index (χ2v) is 2.52. The highest BCUT2D eigenvalue weighted by Crippen LogP contribution is 2.00. The van der Waals surface area contributed by atoms with Gasteiger partial charge < -0.3 is 4.74 Å². The van der Waals surface area contributed by atoms with Crippen LogP contribution in [0.5, 0.6) is 0 Å². The average molecular weight is 232 g/mol. The third-order valence-electron chi connectivity index (χ3n) is 0.864. The van der Waals surface area contributed by atoms with E-state index in [1.165, 1.54) is 0 Å². The maximum absolute atomic E-state index is 9.18. The van der Waals surface area contributed by atoms with Crippen molar-refractivity contribution in [2.75, 3.05) is 6.61 Å². The van der Waals surface area contributed by atoms with Gasteiger partial charge in [-0.1, -0.05) is 6.07 Å². The average Bonchev–Trinajstić information content (AvgIpc) is 2.08. The fraction of sp³-hybridized carbons (Fsp3) is 0.250. The minimum atomic E-state index is 0.431. The SMILES string of the molecule is Brc1ccccn1.CCOC=O. The summed E-state index contributed by atoms with van der Waals surface area (Å²) in [5.41, 5.74) is 0. The molecule has 4 heteroatoms. The highest BCUT2D eigenvalue weighted by molar-refractivity contribution is 9.10. The van der Waals surface area contributed by atoms with Crippen molar-refractivity contribution < 1.29 is 9.53 Å². The van der Waals surface area contributed by atoms with Crippen LogP contribution in [0.25, 0.3) is 0 Å². The topological polar surface area (TPSA) is 39.2 Å². The number of ether oxygens (including phenoxy) is 1. The van der Waals surface area contributed by atoms with E-state index in [1.807, 2.05) is 18.2 Å². The molecule has 0 unspecified atom stereocenters. The molecule has 66 valence electrons. The molecule has 1 rings (SSSR count). The van der Waals surface area contributed by atoms with E-state index in [4.69, 9.17) is 0 Å². The molecular formula is C8H10BrNO2. The number of halogens is 1. The summed E-state index contributed by atoms with van der Waals surface area (Å²) in [7, 11) is 0. The van der Waals surface area contributed by atoms with Crippen molar-refractivity contribution in [2.45, 2.75) is 6.92 Å². The van der Waals surface area contributed by atoms with Gasteiger partial charge in [0.05, 0.1) is 6.61 Å². The molecule has 0 N–H and O–H groups in total. The van der Waals surface area contributed by atoms with Crippen LogP contribution in [-0.4, -0.2) is 18.1 Å². The zero-order valence-electron chi connectivity index (χ0n) is 6.74. The second kappa shape index (κ2) is 8.20. The smallest absolute Gasteiger partial charge is 0.293 e. The summed E-state index contributed by atoms with van der Waals surface area (Å²) in [5.74, 6) is 0. The molecular weight excluding hydrogens is 222 g/mol. The maximum atomic E-state index is 9.18. The van der Waals surface area contributed by atoms with E-state index >= 15 is 0 Å². The van der Waals surface area contributed by atoms with Crippen LogP contribution in [0.3, 0.4) is 0 Å². The van der Waals surface area contributed by atoms with Gasteiger partial charge in [-0.2, -0.15) is 0 Å². The van der Waals surface area contributed by atoms with Crippen molar-refractivity contribution in [1.29, 1.82) is 0 Å². The van der Waals surface area contributed by atoms with Gasteiger partial charge in [-0.15, -0.1) is 0 Å². The summed E-state index contributed by atoms with van der Waals surface area (Å²) in [4.78, 5) is 13.1. The first-order chi connectivity index (χ1) is 5.81. The fourth-order valence-corrected chi connectivity index (χ4v) is 0.681. The molecule has 0 aliphatic rings. The lowest BCUT2D eigenvalue weighted by Gasteiger charge is -1.80. The molecule has 0 amide bonds. The highest BCUT2D eigenvalue weighted by Gasteiger charge is 1.75. The van der Waals surface area contributed by atoms with Crippen LogP contribution in [0.4, 0.5) is 0 Å². The number of hydrogen-bond donors (Lipinski definition) is 0. The normalized spacial score (nSPS) is 7.83. The van der Waals surface area contributed by atoms with Crippen LogP contribution < -0.4 is 0 Å². The van der Waals surface area contributed by atoms with Crippen LogP contribution >= 0.6 is 15.9 Å². The monoisotopic (exact) mass is 231 g/mol. The van der Waals surface area contributed by atoms with E-state index in [2.05, 4.69) is 25.7 Å². The molecule has 3 nitrogen and oxygen atoms in total. The van der Waals surface area contributed by atoms with Crippen molar-refractivity contribution >= 4 is 22.4 Å². The first kappa shape index (κ1) is 11.1. The van der Waals surface area contributed by atoms with Gasteiger partial charge in [0.1, 0.15) is 4.60 Å². The van der Waals surface area contributed by atoms with Gasteiger partial charge in [-0.05, 0) is 35.0 Å². The molecule has 0 radical (unpaired) electrons. The molecule has 12 heavy (non-hydrogen) atoms. The molecule has 0 bridgehead atoms. The molecule has 0 aliphatic carbocycles. The maximum Gasteiger partial charge on any atom is 0.293 e. The molecule has 1 aromatic heterocycles. The lowest BCUT2D eigenvalue weighted by atomic mass is 10.5. The summed E-state index contributed by atoms with van der Waals surface area (Å²) in [5, 5.41) is 0. The Morgan fingerprint density at radius 3 is 2.58 bits per heavy atom. The quantitative estimate of drug-likeness (QED) is 0.578. The van der Waals surface area contributed by atoms with Gasteiger partial charge in [0.25, 0.3) is 6.47 Å². The summed E-state index contributed by atoms with van der Waals surface area (Å²) in [6.45, 7) is 2.66. The fourth-order valence-electron chi connectivity index (χ4n) is 0.410. The van der Waals surface area contributed by atoms with E-state index in [0.29, 0.717) is 13.1 Å². The Kier molecular flexibility index (Phi) is 7.58. The first-order valence-electron chi connectivity index (χ1n) is 3.43. The molecule has 0 aromatic carbocycles. The minimum absolute atomic E-state index is 0.431. The van der Waals surface area contributed by atoms with E-state index in [1.54, 1.807) is 13.1 Å². The Morgan fingerprint density at radius 1 is 1.67 bits per heavy atom.